The van der Waals surface area contributed by atoms with Crippen molar-refractivity contribution in [1.29, 1.82) is 5.26 Å². The van der Waals surface area contributed by atoms with Gasteiger partial charge in [0.25, 0.3) is 0 Å². The van der Waals surface area contributed by atoms with Gasteiger partial charge in [-0.3, -0.25) is 5.10 Å². The summed E-state index contributed by atoms with van der Waals surface area (Å²) in [6.07, 6.45) is 20.7. The summed E-state index contributed by atoms with van der Waals surface area (Å²) in [7, 11) is 0. The van der Waals surface area contributed by atoms with Crippen molar-refractivity contribution in [2.45, 2.75) is 104 Å². The Labute approximate surface area is 200 Å². The minimum absolute atomic E-state index is 0.414. The molecule has 1 N–H and O–H groups in total. The maximum atomic E-state index is 9.23. The smallest absolute Gasteiger partial charge is 0.191 e. The van der Waals surface area contributed by atoms with Gasteiger partial charge in [-0.05, 0) is 25.5 Å². The molecule has 0 saturated carbocycles. The predicted molar refractivity (Wildman–Crippen MR) is 138 cm³/mol. The molecule has 5 heteroatoms. The molecule has 2 aromatic rings. The van der Waals surface area contributed by atoms with Crippen LogP contribution in [0.15, 0.2) is 29.3 Å². The van der Waals surface area contributed by atoms with E-state index in [2.05, 4.69) is 28.2 Å². The average Bonchev–Trinajstić information content (AvgIpc) is 3.20. The van der Waals surface area contributed by atoms with Crippen LogP contribution in [0, 0.1) is 18.3 Å². The van der Waals surface area contributed by atoms with Gasteiger partial charge in [0.2, 0.25) is 0 Å². The van der Waals surface area contributed by atoms with Crippen LogP contribution in [0.3, 0.4) is 0 Å². The number of aryl methyl sites for hydroxylation is 1. The first-order valence-electron chi connectivity index (χ1n) is 13.0. The Morgan fingerprint density at radius 2 is 1.48 bits per heavy atom. The molecule has 0 atom stereocenters. The minimum Gasteiger partial charge on any atom is -0.493 e. The third kappa shape index (κ3) is 10.7. The summed E-state index contributed by atoms with van der Waals surface area (Å²) >= 11 is 0. The van der Waals surface area contributed by atoms with E-state index >= 15 is 0 Å². The van der Waals surface area contributed by atoms with E-state index < -0.39 is 0 Å². The van der Waals surface area contributed by atoms with Crippen LogP contribution in [0.1, 0.15) is 114 Å². The Bertz CT molecular complexity index is 850. The zero-order valence-electron chi connectivity index (χ0n) is 20.7. The van der Waals surface area contributed by atoms with Crippen molar-refractivity contribution < 1.29 is 4.74 Å². The molecular weight excluding hydrogens is 408 g/mol. The zero-order chi connectivity index (χ0) is 23.6. The van der Waals surface area contributed by atoms with E-state index in [0.29, 0.717) is 18.0 Å². The number of hydrogen-bond donors (Lipinski definition) is 1. The SMILES string of the molecule is CCCCCCCCCCCCCCCCOc1ccccc1C=Nc1n[nH]c(C)c1C#N. The number of nitrogens with zero attached hydrogens (tertiary/aromatic N) is 3. The number of aliphatic imine (C=N–C) groups is 1. The molecule has 0 aliphatic rings. The number of para-hydroxylation sites is 1. The molecule has 0 radical (unpaired) electrons. The summed E-state index contributed by atoms with van der Waals surface area (Å²) in [6.45, 7) is 4.81. The number of nitrogens with one attached hydrogen (secondary N) is 1. The van der Waals surface area contributed by atoms with Crippen LogP contribution in [0.25, 0.3) is 0 Å². The van der Waals surface area contributed by atoms with Crippen molar-refractivity contribution >= 4 is 12.0 Å². The zero-order valence-corrected chi connectivity index (χ0v) is 20.7. The van der Waals surface area contributed by atoms with Crippen LogP contribution < -0.4 is 4.74 Å². The summed E-state index contributed by atoms with van der Waals surface area (Å²) < 4.78 is 6.01. The number of benzene rings is 1. The Kier molecular flexibility index (Phi) is 13.7. The summed E-state index contributed by atoms with van der Waals surface area (Å²) in [6, 6.07) is 10.0. The normalized spacial score (nSPS) is 11.2. The lowest BCUT2D eigenvalue weighted by Crippen LogP contribution is -2.00. The topological polar surface area (TPSA) is 74.1 Å². The van der Waals surface area contributed by atoms with Crippen LogP contribution in [-0.4, -0.2) is 23.0 Å². The fraction of sp³-hybridized carbons (Fsp3) is 0.607. The van der Waals surface area contributed by atoms with Crippen LogP contribution >= 0.6 is 0 Å². The van der Waals surface area contributed by atoms with Crippen LogP contribution in [-0.2, 0) is 0 Å². The molecule has 0 amide bonds. The summed E-state index contributed by atoms with van der Waals surface area (Å²) in [4.78, 5) is 4.38. The standard InChI is InChI=1S/C28H42N4O/c1-3-4-5-6-7-8-9-10-11-12-13-14-15-18-21-33-27-20-17-16-19-25(27)23-30-28-26(22-29)24(2)31-32-28/h16-17,19-20,23H,3-15,18,21H2,1-2H3,(H,31,32). The third-order valence-corrected chi connectivity index (χ3v) is 6.04. The van der Waals surface area contributed by atoms with E-state index in [9.17, 15) is 5.26 Å². The summed E-state index contributed by atoms with van der Waals surface area (Å²) in [5, 5.41) is 16.1. The van der Waals surface area contributed by atoms with Gasteiger partial charge >= 0.3 is 0 Å². The Morgan fingerprint density at radius 1 is 0.909 bits per heavy atom. The molecule has 33 heavy (non-hydrogen) atoms. The molecule has 1 heterocycles. The number of rotatable bonds is 18. The highest BCUT2D eigenvalue weighted by molar-refractivity contribution is 5.85. The van der Waals surface area contributed by atoms with Crippen LogP contribution in [0.2, 0.25) is 0 Å². The molecular formula is C28H42N4O. The second-order valence-electron chi connectivity index (χ2n) is 8.90. The van der Waals surface area contributed by atoms with Gasteiger partial charge in [0.1, 0.15) is 17.4 Å². The van der Waals surface area contributed by atoms with E-state index in [1.54, 1.807) is 6.21 Å². The lowest BCUT2D eigenvalue weighted by molar-refractivity contribution is 0.304. The van der Waals surface area contributed by atoms with Crippen molar-refractivity contribution in [3.8, 4) is 11.8 Å². The monoisotopic (exact) mass is 450 g/mol. The quantitative estimate of drug-likeness (QED) is 0.184. The van der Waals surface area contributed by atoms with Gasteiger partial charge in [-0.25, -0.2) is 4.99 Å². The molecule has 0 saturated heterocycles. The van der Waals surface area contributed by atoms with Gasteiger partial charge < -0.3 is 4.74 Å². The predicted octanol–water partition coefficient (Wildman–Crippen LogP) is 8.20. The molecule has 0 spiro atoms. The molecule has 180 valence electrons. The lowest BCUT2D eigenvalue weighted by atomic mass is 10.0. The first-order chi connectivity index (χ1) is 16.3. The van der Waals surface area contributed by atoms with E-state index in [1.807, 2.05) is 31.2 Å². The van der Waals surface area contributed by atoms with Crippen molar-refractivity contribution in [2.75, 3.05) is 6.61 Å². The Balaban J connectivity index is 1.55. The minimum atomic E-state index is 0.414. The van der Waals surface area contributed by atoms with Gasteiger partial charge in [0, 0.05) is 11.8 Å². The molecule has 1 aromatic heterocycles. The van der Waals surface area contributed by atoms with Crippen LogP contribution in [0.4, 0.5) is 5.82 Å². The first kappa shape index (κ1) is 26.6. The van der Waals surface area contributed by atoms with E-state index in [0.717, 1.165) is 23.4 Å². The molecule has 1 aromatic carbocycles. The fourth-order valence-corrected chi connectivity index (χ4v) is 3.97. The number of hydrogen-bond acceptors (Lipinski definition) is 4. The summed E-state index contributed by atoms with van der Waals surface area (Å²) in [5.41, 5.74) is 2.10. The number of ether oxygens (including phenoxy) is 1. The number of aromatic nitrogens is 2. The first-order valence-corrected chi connectivity index (χ1v) is 13.0. The summed E-state index contributed by atoms with van der Waals surface area (Å²) in [5.74, 6) is 1.23. The van der Waals surface area contributed by atoms with Crippen LogP contribution in [0.5, 0.6) is 5.75 Å². The third-order valence-electron chi connectivity index (χ3n) is 6.04. The number of nitriles is 1. The highest BCUT2D eigenvalue weighted by atomic mass is 16.5. The van der Waals surface area contributed by atoms with E-state index in [4.69, 9.17) is 4.74 Å². The maximum Gasteiger partial charge on any atom is 0.191 e. The fourth-order valence-electron chi connectivity index (χ4n) is 3.97. The second-order valence-corrected chi connectivity index (χ2v) is 8.90. The van der Waals surface area contributed by atoms with Gasteiger partial charge in [-0.15, -0.1) is 0 Å². The highest BCUT2D eigenvalue weighted by Crippen LogP contribution is 2.21. The molecule has 0 unspecified atom stereocenters. The maximum absolute atomic E-state index is 9.23. The largest absolute Gasteiger partial charge is 0.493 e. The molecule has 0 fully saturated rings. The van der Waals surface area contributed by atoms with E-state index in [1.165, 1.54) is 83.5 Å². The van der Waals surface area contributed by atoms with E-state index in [-0.39, 0.29) is 0 Å². The van der Waals surface area contributed by atoms with Gasteiger partial charge in [0.15, 0.2) is 5.82 Å². The van der Waals surface area contributed by atoms with Crippen molar-refractivity contribution in [1.82, 2.24) is 10.2 Å². The van der Waals surface area contributed by atoms with Crippen molar-refractivity contribution in [2.24, 2.45) is 4.99 Å². The van der Waals surface area contributed by atoms with Gasteiger partial charge in [-0.2, -0.15) is 10.4 Å². The highest BCUT2D eigenvalue weighted by Gasteiger charge is 2.08. The van der Waals surface area contributed by atoms with Crippen molar-refractivity contribution in [3.05, 3.63) is 41.1 Å². The number of aromatic amines is 1. The number of unbranched alkanes of at least 4 members (excludes halogenated alkanes) is 13. The van der Waals surface area contributed by atoms with Crippen molar-refractivity contribution in [3.63, 3.8) is 0 Å². The molecule has 5 nitrogen and oxygen atoms in total. The lowest BCUT2D eigenvalue weighted by Gasteiger charge is -2.09. The second kappa shape index (κ2) is 16.9. The molecule has 0 aliphatic carbocycles. The molecule has 0 bridgehead atoms. The molecule has 0 aliphatic heterocycles. The Morgan fingerprint density at radius 3 is 2.09 bits per heavy atom. The Hall–Kier alpha value is -2.61. The van der Waals surface area contributed by atoms with Gasteiger partial charge in [-0.1, -0.05) is 103 Å². The van der Waals surface area contributed by atoms with Gasteiger partial charge in [0.05, 0.1) is 12.3 Å². The average molecular weight is 451 g/mol. The number of H-pyrrole nitrogens is 1. The molecule has 2 rings (SSSR count).